The Bertz CT molecular complexity index is 525. The number of ether oxygens (including phenoxy) is 2. The predicted molar refractivity (Wildman–Crippen MR) is 90.2 cm³/mol. The summed E-state index contributed by atoms with van der Waals surface area (Å²) in [5.41, 5.74) is 6.62. The van der Waals surface area contributed by atoms with Crippen molar-refractivity contribution in [2.75, 3.05) is 19.1 Å². The fourth-order valence-electron chi connectivity index (χ4n) is 1.70. The molecule has 8 nitrogen and oxygen atoms in total. The van der Waals surface area contributed by atoms with Gasteiger partial charge in [0.2, 0.25) is 11.7 Å². The maximum absolute atomic E-state index is 12.3. The van der Waals surface area contributed by atoms with E-state index in [4.69, 9.17) is 16.4 Å². The number of hydrogen-bond donors (Lipinski definition) is 2. The Hall–Kier alpha value is -1.70. The average molecular weight is 361 g/mol. The number of thioether (sulfide) groups is 1. The summed E-state index contributed by atoms with van der Waals surface area (Å²) in [7, 11) is 1.37. The zero-order valence-corrected chi connectivity index (χ0v) is 15.3. The standard InChI is InChI=1S/C15H25N3O5S/c1-10(2)23-15(21)12(6-5-11(19)9-17-16)18-14(20)13(22-3)7-8-24-4/h9-10,12-13,16H,5-8H2,1-4H3/p+1/t12-,13+/m1/s1/i12D. The predicted octanol–water partition coefficient (Wildman–Crippen LogP) is 0.850. The molecule has 2 N–H and O–H groups in total. The summed E-state index contributed by atoms with van der Waals surface area (Å²) >= 11 is 1.54. The van der Waals surface area contributed by atoms with Gasteiger partial charge in [0.15, 0.2) is 0 Å². The molecule has 0 heterocycles. The first-order chi connectivity index (χ1) is 11.7. The third-order valence-corrected chi connectivity index (χ3v) is 3.50. The van der Waals surface area contributed by atoms with Gasteiger partial charge in [-0.05, 0) is 38.7 Å². The molecule has 0 aromatic heterocycles. The van der Waals surface area contributed by atoms with Crippen LogP contribution in [0.3, 0.4) is 0 Å². The van der Waals surface area contributed by atoms with Gasteiger partial charge in [-0.1, -0.05) is 0 Å². The van der Waals surface area contributed by atoms with Crippen molar-refractivity contribution < 1.29 is 30.0 Å². The molecule has 136 valence electrons. The summed E-state index contributed by atoms with van der Waals surface area (Å²) in [6.45, 7) is 3.24. The molecule has 0 aromatic rings. The summed E-state index contributed by atoms with van der Waals surface area (Å²) in [6, 6.07) is -2.12. The van der Waals surface area contributed by atoms with Crippen LogP contribution >= 0.6 is 11.8 Å². The molecule has 1 amide bonds. The Labute approximate surface area is 147 Å². The maximum Gasteiger partial charge on any atom is 0.372 e. The number of rotatable bonds is 12. The summed E-state index contributed by atoms with van der Waals surface area (Å²) in [5, 5.41) is 2.33. The van der Waals surface area contributed by atoms with Crippen LogP contribution in [0.4, 0.5) is 0 Å². The first-order valence-corrected chi connectivity index (χ1v) is 8.87. The molecule has 0 aliphatic carbocycles. The normalized spacial score (nSPS) is 14.8. The van der Waals surface area contributed by atoms with Gasteiger partial charge in [-0.2, -0.15) is 11.8 Å². The number of nitrogens with zero attached hydrogens (tertiary/aromatic N) is 1. The van der Waals surface area contributed by atoms with E-state index in [1.807, 2.05) is 6.26 Å². The Balaban J connectivity index is 5.21. The summed E-state index contributed by atoms with van der Waals surface area (Å²) in [5.74, 6) is -1.42. The molecular formula is C15H26N3O5S+. The second kappa shape index (κ2) is 12.7. The molecule has 0 bridgehead atoms. The van der Waals surface area contributed by atoms with E-state index in [-0.39, 0.29) is 12.8 Å². The lowest BCUT2D eigenvalue weighted by Crippen LogP contribution is -2.47. The zero-order chi connectivity index (χ0) is 19.5. The number of carbonyl (C=O) groups excluding carboxylic acids is 3. The van der Waals surface area contributed by atoms with Gasteiger partial charge in [0.1, 0.15) is 12.1 Å². The average Bonchev–Trinajstić information content (AvgIpc) is 2.53. The van der Waals surface area contributed by atoms with E-state index < -0.39 is 35.9 Å². The van der Waals surface area contributed by atoms with Crippen LogP contribution in [0.15, 0.2) is 0 Å². The molecule has 0 rings (SSSR count). The van der Waals surface area contributed by atoms with Gasteiger partial charge >= 0.3 is 12.2 Å². The van der Waals surface area contributed by atoms with Gasteiger partial charge in [-0.3, -0.25) is 9.59 Å². The number of nitrogens with one attached hydrogen (secondary N) is 2. The van der Waals surface area contributed by atoms with Crippen molar-refractivity contribution >= 4 is 35.6 Å². The summed E-state index contributed by atoms with van der Waals surface area (Å²) < 4.78 is 18.5. The molecule has 0 unspecified atom stereocenters. The van der Waals surface area contributed by atoms with Crippen molar-refractivity contribution in [3.8, 4) is 0 Å². The molecule has 0 aliphatic heterocycles. The second-order valence-corrected chi connectivity index (χ2v) is 6.14. The van der Waals surface area contributed by atoms with E-state index in [1.54, 1.807) is 13.8 Å². The second-order valence-electron chi connectivity index (χ2n) is 5.15. The number of carbonyl (C=O) groups is 3. The molecule has 24 heavy (non-hydrogen) atoms. The van der Waals surface area contributed by atoms with Crippen LogP contribution in [-0.2, 0) is 23.9 Å². The van der Waals surface area contributed by atoms with Crippen molar-refractivity contribution in [3.05, 3.63) is 0 Å². The van der Waals surface area contributed by atoms with Crippen LogP contribution in [0.25, 0.3) is 0 Å². The molecule has 0 spiro atoms. The van der Waals surface area contributed by atoms with Gasteiger partial charge in [0, 0.05) is 13.5 Å². The maximum atomic E-state index is 12.3. The molecule has 9 heteroatoms. The van der Waals surface area contributed by atoms with Gasteiger partial charge in [0.25, 0.3) is 0 Å². The van der Waals surface area contributed by atoms with E-state index in [1.165, 1.54) is 18.9 Å². The monoisotopic (exact) mass is 361 g/mol. The smallest absolute Gasteiger partial charge is 0.372 e. The van der Waals surface area contributed by atoms with Gasteiger partial charge in [-0.15, -0.1) is 0 Å². The quantitative estimate of drug-likeness (QED) is 0.230. The summed E-state index contributed by atoms with van der Waals surface area (Å²) in [4.78, 5) is 39.0. The van der Waals surface area contributed by atoms with Gasteiger partial charge in [-0.25, -0.2) is 4.79 Å². The minimum atomic E-state index is -2.12. The van der Waals surface area contributed by atoms with E-state index in [0.29, 0.717) is 12.2 Å². The van der Waals surface area contributed by atoms with Crippen LogP contribution in [-0.4, -0.2) is 66.0 Å². The van der Waals surface area contributed by atoms with Crippen LogP contribution in [0.1, 0.15) is 34.5 Å². The SMILES string of the molecule is [2H][C@](CCC(=O)C=[N+]=N)(NC(=O)[C@H](CCSC)OC)C(=O)OC(C)C. The number of amides is 1. The van der Waals surface area contributed by atoms with Crippen LogP contribution < -0.4 is 5.32 Å². The highest BCUT2D eigenvalue weighted by atomic mass is 32.2. The molecule has 0 fully saturated rings. The number of methoxy groups -OCH3 is 1. The fourth-order valence-corrected chi connectivity index (χ4v) is 2.15. The van der Waals surface area contributed by atoms with Crippen LogP contribution in [0.5, 0.6) is 0 Å². The van der Waals surface area contributed by atoms with Crippen LogP contribution in [0.2, 0.25) is 0 Å². The number of esters is 1. The van der Waals surface area contributed by atoms with E-state index in [2.05, 4.69) is 10.1 Å². The lowest BCUT2D eigenvalue weighted by atomic mass is 10.1. The van der Waals surface area contributed by atoms with Gasteiger partial charge in [0.05, 0.1) is 17.8 Å². The number of ketones is 1. The van der Waals surface area contributed by atoms with Crippen molar-refractivity contribution in [1.82, 2.24) is 5.32 Å². The van der Waals surface area contributed by atoms with Crippen molar-refractivity contribution in [2.45, 2.75) is 51.3 Å². The largest absolute Gasteiger partial charge is 0.461 e. The van der Waals surface area contributed by atoms with Crippen molar-refractivity contribution in [1.29, 1.82) is 5.53 Å². The van der Waals surface area contributed by atoms with Crippen molar-refractivity contribution in [3.63, 3.8) is 0 Å². The Morgan fingerprint density at radius 3 is 2.54 bits per heavy atom. The van der Waals surface area contributed by atoms with Crippen molar-refractivity contribution in [2.24, 2.45) is 0 Å². The lowest BCUT2D eigenvalue weighted by molar-refractivity contribution is -0.152. The van der Waals surface area contributed by atoms with E-state index >= 15 is 0 Å². The highest BCUT2D eigenvalue weighted by Crippen LogP contribution is 2.07. The highest BCUT2D eigenvalue weighted by molar-refractivity contribution is 7.98. The third-order valence-electron chi connectivity index (χ3n) is 2.85. The molecule has 0 saturated heterocycles. The van der Waals surface area contributed by atoms with Gasteiger partial charge < -0.3 is 14.8 Å². The number of Topliss-reactive ketones (excluding diaryl/α,β-unsaturated/α-hetero) is 1. The third kappa shape index (κ3) is 9.44. The number of hydrogen-bond acceptors (Lipinski definition) is 7. The lowest BCUT2D eigenvalue weighted by Gasteiger charge is -2.21. The first kappa shape index (κ1) is 20.3. The topological polar surface area (TPSA) is 120 Å². The Morgan fingerprint density at radius 1 is 1.38 bits per heavy atom. The van der Waals surface area contributed by atoms with Crippen LogP contribution in [0, 0.1) is 5.53 Å². The molecular weight excluding hydrogens is 334 g/mol. The molecule has 0 aromatic carbocycles. The highest BCUT2D eigenvalue weighted by Gasteiger charge is 2.27. The Kier molecular flexibility index (Phi) is 10.8. The zero-order valence-electron chi connectivity index (χ0n) is 15.5. The fraction of sp³-hybridized carbons (Fsp3) is 0.733. The first-order valence-electron chi connectivity index (χ1n) is 7.97. The molecule has 0 radical (unpaired) electrons. The van der Waals surface area contributed by atoms with E-state index in [0.717, 1.165) is 6.21 Å². The summed E-state index contributed by atoms with van der Waals surface area (Å²) in [6.07, 6.45) is 1.27. The van der Waals surface area contributed by atoms with E-state index in [9.17, 15) is 14.4 Å². The molecule has 2 atom stereocenters. The minimum Gasteiger partial charge on any atom is -0.461 e. The minimum absolute atomic E-state index is 0.234. The molecule has 0 aliphatic rings. The Morgan fingerprint density at radius 2 is 2.04 bits per heavy atom. The molecule has 0 saturated carbocycles.